The van der Waals surface area contributed by atoms with Gasteiger partial charge in [0, 0.05) is 25.4 Å². The molecule has 144 valence electrons. The summed E-state index contributed by atoms with van der Waals surface area (Å²) in [5.41, 5.74) is 0.865. The number of piperidine rings is 1. The van der Waals surface area contributed by atoms with Crippen molar-refractivity contribution in [3.8, 4) is 0 Å². The molecule has 0 bridgehead atoms. The molecule has 1 aromatic carbocycles. The van der Waals surface area contributed by atoms with Crippen molar-refractivity contribution in [3.05, 3.63) is 45.7 Å². The highest BCUT2D eigenvalue weighted by atomic mass is 32.1. The fourth-order valence-electron chi connectivity index (χ4n) is 4.24. The van der Waals surface area contributed by atoms with Crippen LogP contribution < -0.4 is 0 Å². The molecule has 1 saturated heterocycles. The van der Waals surface area contributed by atoms with Gasteiger partial charge in [0.15, 0.2) is 0 Å². The predicted octanol–water partition coefficient (Wildman–Crippen LogP) is 4.36. The fraction of sp³-hybridized carbons (Fsp3) is 0.571. The maximum absolute atomic E-state index is 13.0. The van der Waals surface area contributed by atoms with Crippen LogP contribution in [0.4, 0.5) is 4.39 Å². The zero-order valence-corrected chi connectivity index (χ0v) is 16.4. The molecule has 2 heterocycles. The number of aromatic nitrogens is 2. The van der Waals surface area contributed by atoms with Gasteiger partial charge in [-0.2, -0.15) is 0 Å². The summed E-state index contributed by atoms with van der Waals surface area (Å²) in [5.74, 6) is 1.09. The van der Waals surface area contributed by atoms with Crippen LogP contribution in [0.25, 0.3) is 0 Å². The summed E-state index contributed by atoms with van der Waals surface area (Å²) in [4.78, 5) is 14.4. The van der Waals surface area contributed by atoms with Crippen LogP contribution in [-0.2, 0) is 17.6 Å². The topological polar surface area (TPSA) is 46.1 Å². The summed E-state index contributed by atoms with van der Waals surface area (Å²) in [6.07, 6.45) is 8.73. The summed E-state index contributed by atoms with van der Waals surface area (Å²) in [5, 5.41) is 11.2. The van der Waals surface area contributed by atoms with Crippen molar-refractivity contribution < 1.29 is 9.18 Å². The fourth-order valence-corrected chi connectivity index (χ4v) is 5.37. The van der Waals surface area contributed by atoms with Crippen LogP contribution in [0, 0.1) is 11.7 Å². The first kappa shape index (κ1) is 18.5. The number of halogens is 1. The number of nitrogens with zero attached hydrogens (tertiary/aromatic N) is 3. The normalized spacial score (nSPS) is 18.9. The molecule has 2 fully saturated rings. The van der Waals surface area contributed by atoms with Crippen LogP contribution in [0.1, 0.15) is 60.0 Å². The minimum Gasteiger partial charge on any atom is -0.342 e. The third-order valence-corrected chi connectivity index (χ3v) is 6.99. The maximum atomic E-state index is 13.0. The quantitative estimate of drug-likeness (QED) is 0.766. The third-order valence-electron chi connectivity index (χ3n) is 5.89. The molecular formula is C21H26FN3OS. The number of amides is 1. The SMILES string of the molecule is O=C(Cc1ccc(F)cc1)N1CCC(c2nnc(CC3CCCC3)s2)CC1. The van der Waals surface area contributed by atoms with E-state index in [1.165, 1.54) is 42.8 Å². The molecule has 1 saturated carbocycles. The number of benzene rings is 1. The maximum Gasteiger partial charge on any atom is 0.226 e. The first-order valence-corrected chi connectivity index (χ1v) is 10.8. The Labute approximate surface area is 163 Å². The van der Waals surface area contributed by atoms with Crippen molar-refractivity contribution in [2.24, 2.45) is 5.92 Å². The van der Waals surface area contributed by atoms with Crippen molar-refractivity contribution in [3.63, 3.8) is 0 Å². The van der Waals surface area contributed by atoms with Crippen molar-refractivity contribution >= 4 is 17.2 Å². The summed E-state index contributed by atoms with van der Waals surface area (Å²) in [6, 6.07) is 6.20. The Bertz CT molecular complexity index is 762. The lowest BCUT2D eigenvalue weighted by Crippen LogP contribution is -2.38. The standard InChI is InChI=1S/C21H26FN3OS/c22-18-7-5-16(6-8-18)14-20(26)25-11-9-17(10-12-25)21-24-23-19(27-21)13-15-3-1-2-4-15/h5-8,15,17H,1-4,9-14H2. The molecule has 0 N–H and O–H groups in total. The van der Waals surface area contributed by atoms with Gasteiger partial charge in [-0.25, -0.2) is 4.39 Å². The van der Waals surface area contributed by atoms with Gasteiger partial charge < -0.3 is 4.90 Å². The lowest BCUT2D eigenvalue weighted by atomic mass is 9.97. The molecule has 0 spiro atoms. The van der Waals surface area contributed by atoms with E-state index >= 15 is 0 Å². The number of hydrogen-bond acceptors (Lipinski definition) is 4. The predicted molar refractivity (Wildman–Crippen MR) is 104 cm³/mol. The van der Waals surface area contributed by atoms with Gasteiger partial charge in [-0.05, 0) is 36.5 Å². The van der Waals surface area contributed by atoms with Gasteiger partial charge in [-0.1, -0.05) is 37.8 Å². The van der Waals surface area contributed by atoms with Crippen LogP contribution in [0.5, 0.6) is 0 Å². The first-order chi connectivity index (χ1) is 13.2. The van der Waals surface area contributed by atoms with Gasteiger partial charge in [0.25, 0.3) is 0 Å². The lowest BCUT2D eigenvalue weighted by molar-refractivity contribution is -0.131. The number of hydrogen-bond donors (Lipinski definition) is 0. The van der Waals surface area contributed by atoms with E-state index in [9.17, 15) is 9.18 Å². The molecule has 1 aliphatic carbocycles. The minimum absolute atomic E-state index is 0.124. The van der Waals surface area contributed by atoms with E-state index in [1.807, 2.05) is 4.90 Å². The van der Waals surface area contributed by atoms with E-state index in [0.29, 0.717) is 12.3 Å². The highest BCUT2D eigenvalue weighted by Gasteiger charge is 2.27. The van der Waals surface area contributed by atoms with E-state index in [0.717, 1.165) is 48.8 Å². The van der Waals surface area contributed by atoms with E-state index in [4.69, 9.17) is 0 Å². The van der Waals surface area contributed by atoms with Crippen molar-refractivity contribution in [2.75, 3.05) is 13.1 Å². The van der Waals surface area contributed by atoms with Crippen molar-refractivity contribution in [1.82, 2.24) is 15.1 Å². The van der Waals surface area contributed by atoms with E-state index in [1.54, 1.807) is 23.5 Å². The second-order valence-electron chi connectivity index (χ2n) is 7.85. The molecule has 4 nitrogen and oxygen atoms in total. The molecule has 0 unspecified atom stereocenters. The molecule has 0 radical (unpaired) electrons. The minimum atomic E-state index is -0.267. The van der Waals surface area contributed by atoms with E-state index in [2.05, 4.69) is 10.2 Å². The first-order valence-electron chi connectivity index (χ1n) is 10.0. The average molecular weight is 388 g/mol. The molecule has 27 heavy (non-hydrogen) atoms. The Hall–Kier alpha value is -1.82. The summed E-state index contributed by atoms with van der Waals surface area (Å²) in [7, 11) is 0. The Morgan fingerprint density at radius 3 is 2.48 bits per heavy atom. The van der Waals surface area contributed by atoms with Gasteiger partial charge in [0.05, 0.1) is 6.42 Å². The van der Waals surface area contributed by atoms with Crippen LogP contribution in [0.15, 0.2) is 24.3 Å². The molecule has 4 rings (SSSR count). The van der Waals surface area contributed by atoms with Gasteiger partial charge in [-0.3, -0.25) is 4.79 Å². The van der Waals surface area contributed by atoms with E-state index in [-0.39, 0.29) is 11.7 Å². The molecule has 1 amide bonds. The Morgan fingerprint density at radius 1 is 1.07 bits per heavy atom. The highest BCUT2D eigenvalue weighted by Crippen LogP contribution is 2.33. The van der Waals surface area contributed by atoms with Gasteiger partial charge in [0.2, 0.25) is 5.91 Å². The zero-order chi connectivity index (χ0) is 18.6. The zero-order valence-electron chi connectivity index (χ0n) is 15.6. The van der Waals surface area contributed by atoms with Crippen LogP contribution >= 0.6 is 11.3 Å². The largest absolute Gasteiger partial charge is 0.342 e. The average Bonchev–Trinajstić information content (AvgIpc) is 3.36. The van der Waals surface area contributed by atoms with E-state index < -0.39 is 0 Å². The second kappa shape index (κ2) is 8.46. The van der Waals surface area contributed by atoms with Gasteiger partial charge >= 0.3 is 0 Å². The molecule has 6 heteroatoms. The molecule has 2 aromatic rings. The number of carbonyl (C=O) groups excluding carboxylic acids is 1. The Balaban J connectivity index is 1.27. The Kier molecular flexibility index (Phi) is 5.81. The molecule has 0 atom stereocenters. The smallest absolute Gasteiger partial charge is 0.226 e. The molecule has 1 aromatic heterocycles. The van der Waals surface area contributed by atoms with Crippen LogP contribution in [-0.4, -0.2) is 34.1 Å². The van der Waals surface area contributed by atoms with Crippen LogP contribution in [0.2, 0.25) is 0 Å². The third kappa shape index (κ3) is 4.72. The summed E-state index contributed by atoms with van der Waals surface area (Å²) in [6.45, 7) is 1.53. The highest BCUT2D eigenvalue weighted by molar-refractivity contribution is 7.11. The molecule has 1 aliphatic heterocycles. The monoisotopic (exact) mass is 387 g/mol. The second-order valence-corrected chi connectivity index (χ2v) is 8.94. The number of rotatable bonds is 5. The van der Waals surface area contributed by atoms with Crippen molar-refractivity contribution in [1.29, 1.82) is 0 Å². The Morgan fingerprint density at radius 2 is 1.78 bits per heavy atom. The number of carbonyl (C=O) groups is 1. The van der Waals surface area contributed by atoms with Crippen molar-refractivity contribution in [2.45, 2.75) is 57.3 Å². The summed E-state index contributed by atoms with van der Waals surface area (Å²) >= 11 is 1.78. The molecular weight excluding hydrogens is 361 g/mol. The summed E-state index contributed by atoms with van der Waals surface area (Å²) < 4.78 is 13.0. The molecule has 2 aliphatic rings. The number of likely N-dealkylation sites (tertiary alicyclic amines) is 1. The van der Waals surface area contributed by atoms with Gasteiger partial charge in [-0.15, -0.1) is 21.5 Å². The lowest BCUT2D eigenvalue weighted by Gasteiger charge is -2.31. The van der Waals surface area contributed by atoms with Crippen LogP contribution in [0.3, 0.4) is 0 Å². The van der Waals surface area contributed by atoms with Gasteiger partial charge in [0.1, 0.15) is 15.8 Å².